The molecular formula is C18H16N2O4S2. The highest BCUT2D eigenvalue weighted by Gasteiger charge is 2.32. The van der Waals surface area contributed by atoms with Gasteiger partial charge in [-0.1, -0.05) is 24.0 Å². The zero-order chi connectivity index (χ0) is 18.5. The van der Waals surface area contributed by atoms with Gasteiger partial charge in [0.1, 0.15) is 15.8 Å². The van der Waals surface area contributed by atoms with Gasteiger partial charge in [-0.3, -0.25) is 14.5 Å². The Hall–Kier alpha value is -2.58. The fraction of sp³-hybridized carbons (Fsp3) is 0.167. The first-order chi connectivity index (χ1) is 12.6. The van der Waals surface area contributed by atoms with Crippen molar-refractivity contribution in [1.29, 1.82) is 0 Å². The first kappa shape index (κ1) is 18.2. The number of methoxy groups -OCH3 is 1. The van der Waals surface area contributed by atoms with Crippen molar-refractivity contribution in [2.75, 3.05) is 19.0 Å². The van der Waals surface area contributed by atoms with E-state index >= 15 is 0 Å². The van der Waals surface area contributed by atoms with Crippen LogP contribution in [0.5, 0.6) is 5.75 Å². The Morgan fingerprint density at radius 2 is 2.12 bits per heavy atom. The minimum absolute atomic E-state index is 0.145. The molecule has 6 nitrogen and oxygen atoms in total. The van der Waals surface area contributed by atoms with Crippen molar-refractivity contribution >= 4 is 51.9 Å². The van der Waals surface area contributed by atoms with Crippen molar-refractivity contribution < 1.29 is 18.7 Å². The Balaban J connectivity index is 1.56. The third-order valence-corrected chi connectivity index (χ3v) is 5.00. The molecule has 1 aliphatic heterocycles. The minimum Gasteiger partial charge on any atom is -0.497 e. The molecule has 134 valence electrons. The molecule has 26 heavy (non-hydrogen) atoms. The van der Waals surface area contributed by atoms with Gasteiger partial charge >= 0.3 is 0 Å². The van der Waals surface area contributed by atoms with Crippen LogP contribution < -0.4 is 10.1 Å². The van der Waals surface area contributed by atoms with E-state index in [1.165, 1.54) is 22.9 Å². The highest BCUT2D eigenvalue weighted by atomic mass is 32.2. The quantitative estimate of drug-likeness (QED) is 0.603. The van der Waals surface area contributed by atoms with Crippen LogP contribution in [0.25, 0.3) is 6.08 Å². The van der Waals surface area contributed by atoms with Crippen molar-refractivity contribution in [3.63, 3.8) is 0 Å². The van der Waals surface area contributed by atoms with Crippen molar-refractivity contribution in [1.82, 2.24) is 4.90 Å². The molecule has 0 aliphatic carbocycles. The van der Waals surface area contributed by atoms with Crippen LogP contribution in [0, 0.1) is 0 Å². The van der Waals surface area contributed by atoms with Crippen molar-refractivity contribution in [2.45, 2.75) is 6.42 Å². The zero-order valence-corrected chi connectivity index (χ0v) is 15.6. The topological polar surface area (TPSA) is 71.8 Å². The average molecular weight is 388 g/mol. The molecule has 3 rings (SSSR count). The summed E-state index contributed by atoms with van der Waals surface area (Å²) in [5.41, 5.74) is 0.666. The number of thiocarbonyl (C=S) groups is 1. The van der Waals surface area contributed by atoms with Gasteiger partial charge in [-0.2, -0.15) is 0 Å². The normalized spacial score (nSPS) is 15.6. The second-order valence-electron chi connectivity index (χ2n) is 5.38. The number of nitrogens with one attached hydrogen (secondary N) is 1. The van der Waals surface area contributed by atoms with Gasteiger partial charge in [-0.15, -0.1) is 0 Å². The van der Waals surface area contributed by atoms with Gasteiger partial charge in [-0.25, -0.2) is 0 Å². The summed E-state index contributed by atoms with van der Waals surface area (Å²) in [4.78, 5) is 26.5. The SMILES string of the molecule is COc1ccc(NC(=O)CCN2C(=O)/C(=C\c3ccco3)SC2=S)cc1. The van der Waals surface area contributed by atoms with E-state index < -0.39 is 0 Å². The van der Waals surface area contributed by atoms with Crippen molar-refractivity contribution in [2.24, 2.45) is 0 Å². The van der Waals surface area contributed by atoms with Gasteiger partial charge in [0.05, 0.1) is 18.3 Å². The molecule has 1 fully saturated rings. The van der Waals surface area contributed by atoms with E-state index in [-0.39, 0.29) is 24.8 Å². The van der Waals surface area contributed by atoms with E-state index in [0.29, 0.717) is 26.4 Å². The molecule has 1 saturated heterocycles. The van der Waals surface area contributed by atoms with Crippen LogP contribution in [0.2, 0.25) is 0 Å². The predicted molar refractivity (Wildman–Crippen MR) is 105 cm³/mol. The maximum Gasteiger partial charge on any atom is 0.266 e. The largest absolute Gasteiger partial charge is 0.497 e. The molecule has 8 heteroatoms. The number of hydrogen-bond acceptors (Lipinski definition) is 6. The lowest BCUT2D eigenvalue weighted by molar-refractivity contribution is -0.122. The number of benzene rings is 1. The molecule has 0 unspecified atom stereocenters. The zero-order valence-electron chi connectivity index (χ0n) is 13.9. The summed E-state index contributed by atoms with van der Waals surface area (Å²) in [5, 5.41) is 2.78. The van der Waals surface area contributed by atoms with E-state index in [9.17, 15) is 9.59 Å². The number of carbonyl (C=O) groups excluding carboxylic acids is 2. The summed E-state index contributed by atoms with van der Waals surface area (Å²) >= 11 is 6.45. The molecule has 1 aromatic heterocycles. The average Bonchev–Trinajstić information content (AvgIpc) is 3.23. The molecule has 2 heterocycles. The van der Waals surface area contributed by atoms with Crippen LogP contribution in [-0.2, 0) is 9.59 Å². The minimum atomic E-state index is -0.214. The van der Waals surface area contributed by atoms with Crippen LogP contribution in [0.3, 0.4) is 0 Å². The number of furan rings is 1. The Morgan fingerprint density at radius 1 is 1.35 bits per heavy atom. The number of rotatable bonds is 6. The molecule has 2 aromatic rings. The highest BCUT2D eigenvalue weighted by Crippen LogP contribution is 2.32. The molecule has 1 aliphatic rings. The second-order valence-corrected chi connectivity index (χ2v) is 7.05. The molecule has 0 atom stereocenters. The molecule has 1 aromatic carbocycles. The van der Waals surface area contributed by atoms with E-state index in [0.717, 1.165) is 0 Å². The van der Waals surface area contributed by atoms with Gasteiger partial charge in [0, 0.05) is 24.7 Å². The van der Waals surface area contributed by atoms with Crippen LogP contribution >= 0.6 is 24.0 Å². The number of ether oxygens (including phenoxy) is 1. The lowest BCUT2D eigenvalue weighted by Gasteiger charge is -2.14. The summed E-state index contributed by atoms with van der Waals surface area (Å²) in [6, 6.07) is 10.5. The summed E-state index contributed by atoms with van der Waals surface area (Å²) < 4.78 is 10.7. The standard InChI is InChI=1S/C18H16N2O4S2/c1-23-13-6-4-12(5-7-13)19-16(21)8-9-20-17(22)15(26-18(20)25)11-14-3-2-10-24-14/h2-7,10-11H,8-9H2,1H3,(H,19,21)/b15-11+. The van der Waals surface area contributed by atoms with Crippen LogP contribution in [0.4, 0.5) is 5.69 Å². The maximum atomic E-state index is 12.4. The van der Waals surface area contributed by atoms with Crippen LogP contribution in [0.1, 0.15) is 12.2 Å². The molecule has 1 N–H and O–H groups in total. The molecular weight excluding hydrogens is 372 g/mol. The van der Waals surface area contributed by atoms with E-state index in [4.69, 9.17) is 21.4 Å². The van der Waals surface area contributed by atoms with Gasteiger partial charge in [0.15, 0.2) is 0 Å². The first-order valence-corrected chi connectivity index (χ1v) is 9.02. The third kappa shape index (κ3) is 4.33. The second kappa shape index (κ2) is 8.20. The molecule has 0 spiro atoms. The lowest BCUT2D eigenvalue weighted by atomic mass is 10.3. The number of anilines is 1. The molecule has 0 saturated carbocycles. The fourth-order valence-electron chi connectivity index (χ4n) is 2.31. The summed E-state index contributed by atoms with van der Waals surface area (Å²) in [6.07, 6.45) is 3.33. The van der Waals surface area contributed by atoms with Crippen LogP contribution in [0.15, 0.2) is 52.0 Å². The van der Waals surface area contributed by atoms with Gasteiger partial charge < -0.3 is 14.5 Å². The molecule has 0 radical (unpaired) electrons. The number of nitrogens with zero attached hydrogens (tertiary/aromatic N) is 1. The van der Waals surface area contributed by atoms with E-state index in [2.05, 4.69) is 5.32 Å². The Labute approximate surface area is 160 Å². The predicted octanol–water partition coefficient (Wildman–Crippen LogP) is 3.52. The first-order valence-electron chi connectivity index (χ1n) is 7.79. The van der Waals surface area contributed by atoms with Crippen LogP contribution in [-0.4, -0.2) is 34.7 Å². The summed E-state index contributed by atoms with van der Waals surface area (Å²) in [6.45, 7) is 0.224. The van der Waals surface area contributed by atoms with Crippen molar-refractivity contribution in [3.8, 4) is 5.75 Å². The summed E-state index contributed by atoms with van der Waals surface area (Å²) in [5.74, 6) is 0.888. The number of carbonyl (C=O) groups is 2. The van der Waals surface area contributed by atoms with Gasteiger partial charge in [-0.05, 0) is 36.4 Å². The Morgan fingerprint density at radius 3 is 2.77 bits per heavy atom. The molecule has 0 bridgehead atoms. The fourth-order valence-corrected chi connectivity index (χ4v) is 3.60. The molecule has 2 amide bonds. The van der Waals surface area contributed by atoms with E-state index in [1.807, 2.05) is 0 Å². The van der Waals surface area contributed by atoms with E-state index in [1.54, 1.807) is 49.6 Å². The smallest absolute Gasteiger partial charge is 0.266 e. The van der Waals surface area contributed by atoms with Gasteiger partial charge in [0.2, 0.25) is 5.91 Å². The summed E-state index contributed by atoms with van der Waals surface area (Å²) in [7, 11) is 1.58. The third-order valence-electron chi connectivity index (χ3n) is 3.63. The maximum absolute atomic E-state index is 12.4. The number of thioether (sulfide) groups is 1. The van der Waals surface area contributed by atoms with Crippen molar-refractivity contribution in [3.05, 3.63) is 53.3 Å². The highest BCUT2D eigenvalue weighted by molar-refractivity contribution is 8.26. The monoisotopic (exact) mass is 388 g/mol. The Bertz CT molecular complexity index is 845. The Kier molecular flexibility index (Phi) is 5.75. The lowest BCUT2D eigenvalue weighted by Crippen LogP contribution is -2.31. The number of hydrogen-bond donors (Lipinski definition) is 1. The number of amides is 2. The van der Waals surface area contributed by atoms with Gasteiger partial charge in [0.25, 0.3) is 5.91 Å².